The second-order valence-corrected chi connectivity index (χ2v) is 10.9. The minimum atomic E-state index is -3.60. The summed E-state index contributed by atoms with van der Waals surface area (Å²) in [5.41, 5.74) is 2.02. The van der Waals surface area contributed by atoms with Crippen molar-refractivity contribution in [3.05, 3.63) is 91.0 Å². The van der Waals surface area contributed by atoms with Gasteiger partial charge in [-0.05, 0) is 60.4 Å². The maximum Gasteiger partial charge on any atom is 0.243 e. The summed E-state index contributed by atoms with van der Waals surface area (Å²) in [6.07, 6.45) is 6.37. The van der Waals surface area contributed by atoms with Crippen molar-refractivity contribution < 1.29 is 13.2 Å². The lowest BCUT2D eigenvalue weighted by molar-refractivity contribution is -0.126. The number of sulfonamides is 1. The molecule has 1 fully saturated rings. The first kappa shape index (κ1) is 23.3. The molecule has 0 unspecified atom stereocenters. The lowest BCUT2D eigenvalue weighted by Gasteiger charge is -2.31. The van der Waals surface area contributed by atoms with Crippen molar-refractivity contribution in [1.82, 2.24) is 19.2 Å². The quantitative estimate of drug-likeness (QED) is 0.439. The predicted octanol–water partition coefficient (Wildman–Crippen LogP) is 4.30. The number of carbonyl (C=O) groups excluding carboxylic acids is 1. The number of imidazole rings is 1. The van der Waals surface area contributed by atoms with Gasteiger partial charge in [-0.3, -0.25) is 4.79 Å². The lowest BCUT2D eigenvalue weighted by Crippen LogP contribution is -2.43. The lowest BCUT2D eigenvalue weighted by atomic mass is 9.96. The number of benzene rings is 3. The molecule has 3 aromatic carbocycles. The van der Waals surface area contributed by atoms with Gasteiger partial charge in [0.15, 0.2) is 0 Å². The van der Waals surface area contributed by atoms with E-state index < -0.39 is 10.0 Å². The summed E-state index contributed by atoms with van der Waals surface area (Å²) >= 11 is 0. The van der Waals surface area contributed by atoms with Gasteiger partial charge in [0, 0.05) is 37.1 Å². The number of nitrogens with zero attached hydrogens (tertiary/aromatic N) is 3. The van der Waals surface area contributed by atoms with E-state index in [1.807, 2.05) is 72.3 Å². The van der Waals surface area contributed by atoms with Crippen LogP contribution in [0.1, 0.15) is 31.4 Å². The minimum absolute atomic E-state index is 0.0288. The SMILES string of the molecule is C[C@H](NC(=O)C1CCN(S(=O)(=O)c2ccc3ccccc3c2)CC1)c1ccc(-n2ccnc2)cc1. The van der Waals surface area contributed by atoms with Crippen LogP contribution >= 0.6 is 0 Å². The molecule has 1 N–H and O–H groups in total. The van der Waals surface area contributed by atoms with Crippen LogP contribution in [-0.2, 0) is 14.8 Å². The fraction of sp³-hybridized carbons (Fsp3) is 0.259. The molecule has 4 aromatic rings. The summed E-state index contributed by atoms with van der Waals surface area (Å²) in [7, 11) is -3.60. The van der Waals surface area contributed by atoms with Crippen molar-refractivity contribution in [2.24, 2.45) is 5.92 Å². The van der Waals surface area contributed by atoms with E-state index in [0.29, 0.717) is 30.8 Å². The maximum absolute atomic E-state index is 13.2. The molecule has 1 saturated heterocycles. The highest BCUT2D eigenvalue weighted by Gasteiger charge is 2.32. The molecule has 0 aliphatic carbocycles. The zero-order valence-electron chi connectivity index (χ0n) is 19.5. The molecule has 7 nitrogen and oxygen atoms in total. The fourth-order valence-electron chi connectivity index (χ4n) is 4.60. The Morgan fingerprint density at radius 2 is 1.71 bits per heavy atom. The van der Waals surface area contributed by atoms with Crippen LogP contribution in [0, 0.1) is 5.92 Å². The van der Waals surface area contributed by atoms with Crippen molar-refractivity contribution in [3.8, 4) is 5.69 Å². The Balaban J connectivity index is 1.19. The molecule has 1 aromatic heterocycles. The van der Waals surface area contributed by atoms with Crippen molar-refractivity contribution in [1.29, 1.82) is 0 Å². The van der Waals surface area contributed by atoms with Gasteiger partial charge in [-0.15, -0.1) is 0 Å². The van der Waals surface area contributed by atoms with Crippen LogP contribution in [0.5, 0.6) is 0 Å². The molecule has 1 amide bonds. The van der Waals surface area contributed by atoms with Gasteiger partial charge < -0.3 is 9.88 Å². The topological polar surface area (TPSA) is 84.3 Å². The third-order valence-corrected chi connectivity index (χ3v) is 8.63. The standard InChI is InChI=1S/C27H28N4O3S/c1-20(21-6-9-25(10-7-21)30-17-14-28-19-30)29-27(32)23-12-15-31(16-13-23)35(33,34)26-11-8-22-4-2-3-5-24(22)18-26/h2-11,14,17-20,23H,12-13,15-16H2,1H3,(H,29,32)/t20-/m0/s1. The summed E-state index contributed by atoms with van der Waals surface area (Å²) in [6.45, 7) is 2.63. The van der Waals surface area contributed by atoms with Gasteiger partial charge in [0.25, 0.3) is 0 Å². The average molecular weight is 489 g/mol. The van der Waals surface area contributed by atoms with Gasteiger partial charge >= 0.3 is 0 Å². The van der Waals surface area contributed by atoms with E-state index in [4.69, 9.17) is 0 Å². The highest BCUT2D eigenvalue weighted by Crippen LogP contribution is 2.27. The largest absolute Gasteiger partial charge is 0.349 e. The third kappa shape index (κ3) is 4.85. The number of nitrogens with one attached hydrogen (secondary N) is 1. The van der Waals surface area contributed by atoms with Crippen molar-refractivity contribution >= 4 is 26.7 Å². The van der Waals surface area contributed by atoms with Crippen LogP contribution in [0.25, 0.3) is 16.5 Å². The number of hydrogen-bond acceptors (Lipinski definition) is 4. The summed E-state index contributed by atoms with van der Waals surface area (Å²) in [5.74, 6) is -0.232. The molecule has 8 heteroatoms. The molecule has 1 atom stereocenters. The number of carbonyl (C=O) groups is 1. The number of fused-ring (bicyclic) bond motifs is 1. The maximum atomic E-state index is 13.2. The number of piperidine rings is 1. The van der Waals surface area contributed by atoms with E-state index in [2.05, 4.69) is 10.3 Å². The Labute approximate surface area is 205 Å². The first-order valence-corrected chi connectivity index (χ1v) is 13.2. The Bertz CT molecular complexity index is 1430. The second kappa shape index (κ2) is 9.64. The van der Waals surface area contributed by atoms with E-state index in [9.17, 15) is 13.2 Å². The summed E-state index contributed by atoms with van der Waals surface area (Å²) in [5, 5.41) is 5.00. The second-order valence-electron chi connectivity index (χ2n) is 8.98. The van der Waals surface area contributed by atoms with E-state index in [0.717, 1.165) is 22.0 Å². The smallest absolute Gasteiger partial charge is 0.243 e. The molecule has 1 aliphatic rings. The van der Waals surface area contributed by atoms with E-state index >= 15 is 0 Å². The van der Waals surface area contributed by atoms with Crippen molar-refractivity contribution in [3.63, 3.8) is 0 Å². The monoisotopic (exact) mass is 488 g/mol. The molecule has 0 bridgehead atoms. The first-order chi connectivity index (χ1) is 16.9. The van der Waals surface area contributed by atoms with Crippen LogP contribution in [0.15, 0.2) is 90.3 Å². The zero-order valence-corrected chi connectivity index (χ0v) is 20.4. The molecular formula is C27H28N4O3S. The zero-order chi connectivity index (χ0) is 24.4. The fourth-order valence-corrected chi connectivity index (χ4v) is 6.10. The molecule has 35 heavy (non-hydrogen) atoms. The van der Waals surface area contributed by atoms with Gasteiger partial charge in [0.1, 0.15) is 0 Å². The third-order valence-electron chi connectivity index (χ3n) is 6.74. The number of aromatic nitrogens is 2. The van der Waals surface area contributed by atoms with Gasteiger partial charge in [-0.25, -0.2) is 13.4 Å². The molecular weight excluding hydrogens is 460 g/mol. The Kier molecular flexibility index (Phi) is 6.40. The Hall–Kier alpha value is -3.49. The van der Waals surface area contributed by atoms with E-state index in [1.165, 1.54) is 4.31 Å². The van der Waals surface area contributed by atoms with Crippen LogP contribution in [0.4, 0.5) is 0 Å². The number of rotatable bonds is 6. The summed E-state index contributed by atoms with van der Waals surface area (Å²) in [4.78, 5) is 17.3. The van der Waals surface area contributed by atoms with Gasteiger partial charge in [0.2, 0.25) is 15.9 Å². The molecule has 0 spiro atoms. The molecule has 180 valence electrons. The van der Waals surface area contributed by atoms with Crippen LogP contribution in [0.2, 0.25) is 0 Å². The number of hydrogen-bond donors (Lipinski definition) is 1. The van der Waals surface area contributed by atoms with Crippen molar-refractivity contribution in [2.45, 2.75) is 30.7 Å². The van der Waals surface area contributed by atoms with E-state index in [1.54, 1.807) is 24.7 Å². The van der Waals surface area contributed by atoms with Crippen LogP contribution < -0.4 is 5.32 Å². The number of amides is 1. The van der Waals surface area contributed by atoms with Crippen molar-refractivity contribution in [2.75, 3.05) is 13.1 Å². The Morgan fingerprint density at radius 3 is 2.40 bits per heavy atom. The van der Waals surface area contributed by atoms with E-state index in [-0.39, 0.29) is 17.9 Å². The predicted molar refractivity (Wildman–Crippen MR) is 136 cm³/mol. The highest BCUT2D eigenvalue weighted by atomic mass is 32.2. The average Bonchev–Trinajstić information content (AvgIpc) is 3.43. The van der Waals surface area contributed by atoms with Gasteiger partial charge in [-0.1, -0.05) is 42.5 Å². The molecule has 1 aliphatic heterocycles. The van der Waals surface area contributed by atoms with Gasteiger partial charge in [-0.2, -0.15) is 4.31 Å². The normalized spacial score (nSPS) is 16.3. The van der Waals surface area contributed by atoms with Crippen LogP contribution in [-0.4, -0.2) is 41.3 Å². The van der Waals surface area contributed by atoms with Gasteiger partial charge in [0.05, 0.1) is 17.3 Å². The molecule has 2 heterocycles. The molecule has 0 saturated carbocycles. The first-order valence-electron chi connectivity index (χ1n) is 11.8. The molecule has 0 radical (unpaired) electrons. The minimum Gasteiger partial charge on any atom is -0.349 e. The summed E-state index contributed by atoms with van der Waals surface area (Å²) in [6, 6.07) is 20.8. The Morgan fingerprint density at radius 1 is 1.00 bits per heavy atom. The summed E-state index contributed by atoms with van der Waals surface area (Å²) < 4.78 is 29.8. The van der Waals surface area contributed by atoms with Crippen LogP contribution in [0.3, 0.4) is 0 Å². The highest BCUT2D eigenvalue weighted by molar-refractivity contribution is 7.89. The molecule has 5 rings (SSSR count).